The van der Waals surface area contributed by atoms with Crippen LogP contribution in [0.2, 0.25) is 0 Å². The molecule has 1 aliphatic heterocycles. The molecular weight excluding hydrogens is 330 g/mol. The molecular formula is C16H20N3O4S+. The molecule has 0 atom stereocenters. The molecule has 1 amide bonds. The molecule has 0 spiro atoms. The maximum atomic E-state index is 12.6. The van der Waals surface area contributed by atoms with E-state index < -0.39 is 10.0 Å². The van der Waals surface area contributed by atoms with E-state index in [1.165, 1.54) is 27.6 Å². The minimum Gasteiger partial charge on any atom is -0.459 e. The van der Waals surface area contributed by atoms with Gasteiger partial charge in [0, 0.05) is 5.69 Å². The fourth-order valence-corrected chi connectivity index (χ4v) is 4.01. The molecule has 1 fully saturated rings. The molecule has 24 heavy (non-hydrogen) atoms. The number of nitrogens with one attached hydrogen (secondary N) is 2. The van der Waals surface area contributed by atoms with Crippen molar-refractivity contribution in [2.24, 2.45) is 0 Å². The first-order valence-electron chi connectivity index (χ1n) is 7.73. The van der Waals surface area contributed by atoms with Crippen molar-refractivity contribution < 1.29 is 22.5 Å². The average molecular weight is 350 g/mol. The highest BCUT2D eigenvalue weighted by atomic mass is 32.2. The summed E-state index contributed by atoms with van der Waals surface area (Å²) in [5.41, 5.74) is 0.512. The van der Waals surface area contributed by atoms with Crippen LogP contribution in [0.3, 0.4) is 0 Å². The lowest BCUT2D eigenvalue weighted by Crippen LogP contribution is -3.12. The number of carbonyl (C=O) groups excluding carboxylic acids is 1. The lowest BCUT2D eigenvalue weighted by atomic mass is 10.3. The number of likely N-dealkylation sites (N-methyl/N-ethyl adjacent to an activating group) is 1. The average Bonchev–Trinajstić information content (AvgIpc) is 3.10. The van der Waals surface area contributed by atoms with Crippen molar-refractivity contribution in [2.75, 3.05) is 38.5 Å². The second kappa shape index (κ2) is 6.76. The fourth-order valence-electron chi connectivity index (χ4n) is 2.57. The fraction of sp³-hybridized carbons (Fsp3) is 0.312. The van der Waals surface area contributed by atoms with Crippen LogP contribution in [0.15, 0.2) is 52.0 Å². The number of amides is 1. The van der Waals surface area contributed by atoms with E-state index in [1.54, 1.807) is 24.3 Å². The minimum absolute atomic E-state index is 0.201. The van der Waals surface area contributed by atoms with E-state index in [2.05, 4.69) is 12.4 Å². The molecule has 0 radical (unpaired) electrons. The first-order valence-corrected chi connectivity index (χ1v) is 9.17. The van der Waals surface area contributed by atoms with Gasteiger partial charge in [-0.25, -0.2) is 8.42 Å². The van der Waals surface area contributed by atoms with Crippen molar-refractivity contribution in [3.05, 3.63) is 48.4 Å². The number of hydrogen-bond donors (Lipinski definition) is 2. The molecule has 0 unspecified atom stereocenters. The first kappa shape index (κ1) is 16.7. The number of carbonyl (C=O) groups is 1. The van der Waals surface area contributed by atoms with E-state index in [-0.39, 0.29) is 16.6 Å². The van der Waals surface area contributed by atoms with Crippen LogP contribution < -0.4 is 10.2 Å². The number of anilines is 1. The van der Waals surface area contributed by atoms with Crippen molar-refractivity contribution in [1.29, 1.82) is 0 Å². The van der Waals surface area contributed by atoms with E-state index in [1.807, 2.05) is 0 Å². The number of piperazine rings is 1. The normalized spacial score (nSPS) is 16.9. The van der Waals surface area contributed by atoms with Crippen molar-refractivity contribution in [3.63, 3.8) is 0 Å². The van der Waals surface area contributed by atoms with Crippen molar-refractivity contribution in [1.82, 2.24) is 4.31 Å². The molecule has 3 rings (SSSR count). The minimum atomic E-state index is -3.49. The lowest BCUT2D eigenvalue weighted by molar-refractivity contribution is -0.883. The van der Waals surface area contributed by atoms with Gasteiger partial charge in [-0.1, -0.05) is 0 Å². The Kier molecular flexibility index (Phi) is 4.70. The van der Waals surface area contributed by atoms with E-state index >= 15 is 0 Å². The van der Waals surface area contributed by atoms with Gasteiger partial charge in [0.15, 0.2) is 5.76 Å². The monoisotopic (exact) mass is 350 g/mol. The highest BCUT2D eigenvalue weighted by Gasteiger charge is 2.29. The topological polar surface area (TPSA) is 84.1 Å². The third-order valence-electron chi connectivity index (χ3n) is 4.07. The number of rotatable bonds is 4. The van der Waals surface area contributed by atoms with Gasteiger partial charge in [0.05, 0.1) is 44.4 Å². The summed E-state index contributed by atoms with van der Waals surface area (Å²) >= 11 is 0. The zero-order valence-corrected chi connectivity index (χ0v) is 14.2. The predicted molar refractivity (Wildman–Crippen MR) is 88.5 cm³/mol. The molecule has 2 heterocycles. The molecule has 1 saturated heterocycles. The SMILES string of the molecule is C[NH+]1CCN(S(=O)(=O)c2ccc(NC(=O)c3ccco3)cc2)CC1. The van der Waals surface area contributed by atoms with E-state index in [0.29, 0.717) is 18.8 Å². The van der Waals surface area contributed by atoms with E-state index in [9.17, 15) is 13.2 Å². The van der Waals surface area contributed by atoms with Gasteiger partial charge in [0.1, 0.15) is 0 Å². The number of hydrogen-bond acceptors (Lipinski definition) is 4. The summed E-state index contributed by atoms with van der Waals surface area (Å²) in [4.78, 5) is 13.5. The standard InChI is InChI=1S/C16H19N3O4S/c1-18-8-10-19(11-9-18)24(21,22)14-6-4-13(5-7-14)17-16(20)15-3-2-12-23-15/h2-7,12H,8-11H2,1H3,(H,17,20)/p+1. The maximum Gasteiger partial charge on any atom is 0.291 e. The Morgan fingerprint density at radius 3 is 2.42 bits per heavy atom. The molecule has 1 aromatic carbocycles. The van der Waals surface area contributed by atoms with E-state index in [4.69, 9.17) is 4.42 Å². The number of nitrogens with zero attached hydrogens (tertiary/aromatic N) is 1. The molecule has 128 valence electrons. The quantitative estimate of drug-likeness (QED) is 0.816. The Morgan fingerprint density at radius 2 is 1.83 bits per heavy atom. The highest BCUT2D eigenvalue weighted by molar-refractivity contribution is 7.89. The molecule has 2 aromatic rings. The van der Waals surface area contributed by atoms with Gasteiger partial charge >= 0.3 is 0 Å². The summed E-state index contributed by atoms with van der Waals surface area (Å²) in [7, 11) is -1.43. The number of sulfonamides is 1. The van der Waals surface area contributed by atoms with Gasteiger partial charge in [0.25, 0.3) is 5.91 Å². The molecule has 2 N–H and O–H groups in total. The van der Waals surface area contributed by atoms with Crippen LogP contribution >= 0.6 is 0 Å². The van der Waals surface area contributed by atoms with Gasteiger partial charge in [-0.3, -0.25) is 4.79 Å². The van der Waals surface area contributed by atoms with Crippen LogP contribution in [0.5, 0.6) is 0 Å². The molecule has 8 heteroatoms. The molecule has 0 aliphatic carbocycles. The van der Waals surface area contributed by atoms with Crippen LogP contribution in [0.1, 0.15) is 10.6 Å². The van der Waals surface area contributed by atoms with Crippen molar-refractivity contribution in [3.8, 4) is 0 Å². The molecule has 1 aromatic heterocycles. The summed E-state index contributed by atoms with van der Waals surface area (Å²) in [5, 5.41) is 2.66. The first-order chi connectivity index (χ1) is 11.5. The molecule has 0 bridgehead atoms. The van der Waals surface area contributed by atoms with Crippen LogP contribution in [0, 0.1) is 0 Å². The zero-order valence-electron chi connectivity index (χ0n) is 13.4. The smallest absolute Gasteiger partial charge is 0.291 e. The number of benzene rings is 1. The number of quaternary nitrogens is 1. The Hall–Kier alpha value is -2.16. The Labute approximate surface area is 140 Å². The second-order valence-electron chi connectivity index (χ2n) is 5.82. The summed E-state index contributed by atoms with van der Waals surface area (Å²) in [6.45, 7) is 2.64. The van der Waals surface area contributed by atoms with Gasteiger partial charge in [-0.05, 0) is 36.4 Å². The third-order valence-corrected chi connectivity index (χ3v) is 5.98. The second-order valence-corrected chi connectivity index (χ2v) is 7.75. The lowest BCUT2D eigenvalue weighted by Gasteiger charge is -2.29. The summed E-state index contributed by atoms with van der Waals surface area (Å²) in [5.74, 6) is -0.177. The Bertz CT molecular complexity index is 792. The van der Waals surface area contributed by atoms with Crippen LogP contribution in [-0.2, 0) is 10.0 Å². The molecule has 0 saturated carbocycles. The van der Waals surface area contributed by atoms with Gasteiger partial charge in [0.2, 0.25) is 10.0 Å². The Balaban J connectivity index is 1.71. The van der Waals surface area contributed by atoms with Gasteiger partial charge < -0.3 is 14.6 Å². The zero-order chi connectivity index (χ0) is 17.2. The van der Waals surface area contributed by atoms with Gasteiger partial charge in [-0.2, -0.15) is 4.31 Å². The van der Waals surface area contributed by atoms with Crippen molar-refractivity contribution in [2.45, 2.75) is 4.90 Å². The van der Waals surface area contributed by atoms with E-state index in [0.717, 1.165) is 13.1 Å². The highest BCUT2D eigenvalue weighted by Crippen LogP contribution is 2.19. The molecule has 1 aliphatic rings. The largest absolute Gasteiger partial charge is 0.459 e. The summed E-state index contributed by atoms with van der Waals surface area (Å²) < 4.78 is 31.8. The summed E-state index contributed by atoms with van der Waals surface area (Å²) in [6, 6.07) is 9.37. The summed E-state index contributed by atoms with van der Waals surface area (Å²) in [6.07, 6.45) is 1.42. The van der Waals surface area contributed by atoms with Crippen LogP contribution in [-0.4, -0.2) is 51.9 Å². The molecule has 7 nitrogen and oxygen atoms in total. The van der Waals surface area contributed by atoms with Crippen LogP contribution in [0.4, 0.5) is 5.69 Å². The van der Waals surface area contributed by atoms with Crippen molar-refractivity contribution >= 4 is 21.6 Å². The number of furan rings is 1. The van der Waals surface area contributed by atoms with Crippen LogP contribution in [0.25, 0.3) is 0 Å². The predicted octanol–water partition coefficient (Wildman–Crippen LogP) is 0.0509. The maximum absolute atomic E-state index is 12.6. The van der Waals surface area contributed by atoms with Gasteiger partial charge in [-0.15, -0.1) is 0 Å². The third kappa shape index (κ3) is 3.50. The Morgan fingerprint density at radius 1 is 1.17 bits per heavy atom.